The van der Waals surface area contributed by atoms with Gasteiger partial charge in [0, 0.05) is 5.69 Å². The molecule has 5 heteroatoms. The summed E-state index contributed by atoms with van der Waals surface area (Å²) in [6.07, 6.45) is -0.259. The van der Waals surface area contributed by atoms with E-state index in [1.165, 1.54) is 0 Å². The summed E-state index contributed by atoms with van der Waals surface area (Å²) in [5.41, 5.74) is 1.38. The molecule has 0 saturated carbocycles. The van der Waals surface area contributed by atoms with E-state index < -0.39 is 11.7 Å². The summed E-state index contributed by atoms with van der Waals surface area (Å²) in [4.78, 5) is 24.1. The van der Waals surface area contributed by atoms with Crippen molar-refractivity contribution in [1.82, 2.24) is 0 Å². The Hall–Kier alpha value is -2.82. The van der Waals surface area contributed by atoms with E-state index in [0.29, 0.717) is 23.4 Å². The third-order valence-corrected chi connectivity index (χ3v) is 3.71. The van der Waals surface area contributed by atoms with Crippen molar-refractivity contribution < 1.29 is 19.1 Å². The molecule has 0 radical (unpaired) electrons. The van der Waals surface area contributed by atoms with Gasteiger partial charge in [-0.05, 0) is 37.6 Å². The van der Waals surface area contributed by atoms with Crippen LogP contribution in [0.2, 0.25) is 0 Å². The van der Waals surface area contributed by atoms with Gasteiger partial charge in [0.2, 0.25) is 0 Å². The van der Waals surface area contributed by atoms with Crippen molar-refractivity contribution in [2.75, 3.05) is 5.32 Å². The zero-order chi connectivity index (χ0) is 17.2. The number of ketones is 1. The summed E-state index contributed by atoms with van der Waals surface area (Å²) in [6.45, 7) is 3.94. The van der Waals surface area contributed by atoms with Gasteiger partial charge in [-0.3, -0.25) is 10.1 Å². The van der Waals surface area contributed by atoms with Gasteiger partial charge in [-0.15, -0.1) is 0 Å². The second kappa shape index (κ2) is 6.35. The predicted molar refractivity (Wildman–Crippen MR) is 90.3 cm³/mol. The molecule has 0 aliphatic carbocycles. The molecule has 1 N–H and O–H groups in total. The normalized spacial score (nSPS) is 15.2. The summed E-state index contributed by atoms with van der Waals surface area (Å²) in [5, 5.41) is 2.63. The Kier molecular flexibility index (Phi) is 4.25. The molecule has 2 aromatic carbocycles. The number of fused-ring (bicyclic) bond motifs is 1. The number of rotatable bonds is 3. The van der Waals surface area contributed by atoms with E-state index >= 15 is 0 Å². The SMILES string of the molecule is CC1(C)CC(=O)c2cc(NC(=O)OCc3ccccc3)ccc2O1. The number of Topliss-reactive ketones (excluding diaryl/α,β-unsaturated/α-hetero) is 1. The second-order valence-electron chi connectivity index (χ2n) is 6.36. The number of hydrogen-bond acceptors (Lipinski definition) is 4. The van der Waals surface area contributed by atoms with Gasteiger partial charge >= 0.3 is 6.09 Å². The van der Waals surface area contributed by atoms with E-state index in [0.717, 1.165) is 5.56 Å². The molecule has 0 spiro atoms. The summed E-state index contributed by atoms with van der Waals surface area (Å²) in [6, 6.07) is 14.4. The van der Waals surface area contributed by atoms with Crippen molar-refractivity contribution in [3.8, 4) is 5.75 Å². The third kappa shape index (κ3) is 3.74. The molecule has 1 amide bonds. The fourth-order valence-electron chi connectivity index (χ4n) is 2.61. The largest absolute Gasteiger partial charge is 0.487 e. The highest BCUT2D eigenvalue weighted by atomic mass is 16.5. The van der Waals surface area contributed by atoms with Crippen LogP contribution in [0.1, 0.15) is 36.2 Å². The molecule has 0 aromatic heterocycles. The predicted octanol–water partition coefficient (Wildman–Crippen LogP) is 4.18. The van der Waals surface area contributed by atoms with Crippen LogP contribution in [0.5, 0.6) is 5.75 Å². The minimum Gasteiger partial charge on any atom is -0.487 e. The second-order valence-corrected chi connectivity index (χ2v) is 6.36. The van der Waals surface area contributed by atoms with Gasteiger partial charge in [0.15, 0.2) is 5.78 Å². The van der Waals surface area contributed by atoms with Gasteiger partial charge in [-0.25, -0.2) is 4.79 Å². The van der Waals surface area contributed by atoms with Gasteiger partial charge in [0.05, 0.1) is 12.0 Å². The highest BCUT2D eigenvalue weighted by Gasteiger charge is 2.32. The Morgan fingerprint density at radius 3 is 2.71 bits per heavy atom. The molecule has 24 heavy (non-hydrogen) atoms. The standard InChI is InChI=1S/C19H19NO4/c1-19(2)11-16(21)15-10-14(8-9-17(15)24-19)20-18(22)23-12-13-6-4-3-5-7-13/h3-10H,11-12H2,1-2H3,(H,20,22). The summed E-state index contributed by atoms with van der Waals surface area (Å²) < 4.78 is 11.0. The van der Waals surface area contributed by atoms with Crippen molar-refractivity contribution in [3.63, 3.8) is 0 Å². The molecule has 0 bridgehead atoms. The maximum atomic E-state index is 12.2. The van der Waals surface area contributed by atoms with Crippen LogP contribution in [0, 0.1) is 0 Å². The molecule has 0 saturated heterocycles. The summed E-state index contributed by atoms with van der Waals surface area (Å²) >= 11 is 0. The lowest BCUT2D eigenvalue weighted by molar-refractivity contribution is 0.0620. The number of nitrogens with one attached hydrogen (secondary N) is 1. The third-order valence-electron chi connectivity index (χ3n) is 3.71. The first kappa shape index (κ1) is 16.1. The van der Waals surface area contributed by atoms with Crippen molar-refractivity contribution in [2.45, 2.75) is 32.5 Å². The first-order valence-electron chi connectivity index (χ1n) is 7.77. The van der Waals surface area contributed by atoms with Crippen LogP contribution in [0.4, 0.5) is 10.5 Å². The van der Waals surface area contributed by atoms with Gasteiger partial charge in [-0.1, -0.05) is 30.3 Å². The molecular formula is C19H19NO4. The zero-order valence-corrected chi connectivity index (χ0v) is 13.7. The number of ether oxygens (including phenoxy) is 2. The van der Waals surface area contributed by atoms with E-state index in [4.69, 9.17) is 9.47 Å². The average Bonchev–Trinajstić information content (AvgIpc) is 2.54. The molecule has 3 rings (SSSR count). The first-order chi connectivity index (χ1) is 11.4. The first-order valence-corrected chi connectivity index (χ1v) is 7.77. The molecule has 2 aromatic rings. The number of carbonyl (C=O) groups is 2. The molecule has 1 aliphatic rings. The van der Waals surface area contributed by atoms with Crippen LogP contribution in [0.3, 0.4) is 0 Å². The Morgan fingerprint density at radius 1 is 1.21 bits per heavy atom. The van der Waals surface area contributed by atoms with E-state index in [9.17, 15) is 9.59 Å². The van der Waals surface area contributed by atoms with Crippen LogP contribution in [-0.2, 0) is 11.3 Å². The molecule has 1 heterocycles. The Labute approximate surface area is 140 Å². The molecule has 0 atom stereocenters. The smallest absolute Gasteiger partial charge is 0.411 e. The minimum absolute atomic E-state index is 0.00236. The van der Waals surface area contributed by atoms with Gasteiger partial charge in [-0.2, -0.15) is 0 Å². The number of amides is 1. The topological polar surface area (TPSA) is 64.6 Å². The van der Waals surface area contributed by atoms with Crippen LogP contribution in [0.25, 0.3) is 0 Å². The Bertz CT molecular complexity index is 768. The lowest BCUT2D eigenvalue weighted by Crippen LogP contribution is -2.35. The molecule has 5 nitrogen and oxygen atoms in total. The van der Waals surface area contributed by atoms with Crippen molar-refractivity contribution in [1.29, 1.82) is 0 Å². The molecule has 0 fully saturated rings. The number of anilines is 1. The molecule has 124 valence electrons. The fraction of sp³-hybridized carbons (Fsp3) is 0.263. The zero-order valence-electron chi connectivity index (χ0n) is 13.7. The van der Waals surface area contributed by atoms with Crippen LogP contribution >= 0.6 is 0 Å². The Morgan fingerprint density at radius 2 is 1.96 bits per heavy atom. The number of hydrogen-bond donors (Lipinski definition) is 1. The highest BCUT2D eigenvalue weighted by Crippen LogP contribution is 2.34. The quantitative estimate of drug-likeness (QED) is 0.919. The number of carbonyl (C=O) groups excluding carboxylic acids is 2. The van der Waals surface area contributed by atoms with E-state index in [2.05, 4.69) is 5.32 Å². The van der Waals surface area contributed by atoms with Crippen LogP contribution < -0.4 is 10.1 Å². The van der Waals surface area contributed by atoms with E-state index in [1.54, 1.807) is 18.2 Å². The van der Waals surface area contributed by atoms with Crippen molar-refractivity contribution in [2.24, 2.45) is 0 Å². The van der Waals surface area contributed by atoms with Crippen LogP contribution in [0.15, 0.2) is 48.5 Å². The summed E-state index contributed by atoms with van der Waals surface area (Å²) in [5.74, 6) is 0.544. The van der Waals surface area contributed by atoms with Gasteiger partial charge in [0.1, 0.15) is 18.0 Å². The fourth-order valence-corrected chi connectivity index (χ4v) is 2.61. The lowest BCUT2D eigenvalue weighted by Gasteiger charge is -2.31. The average molecular weight is 325 g/mol. The lowest BCUT2D eigenvalue weighted by atomic mass is 9.93. The minimum atomic E-state index is -0.566. The summed E-state index contributed by atoms with van der Waals surface area (Å²) in [7, 11) is 0. The van der Waals surface area contributed by atoms with Crippen LogP contribution in [-0.4, -0.2) is 17.5 Å². The molecular weight excluding hydrogens is 306 g/mol. The van der Waals surface area contributed by atoms with E-state index in [-0.39, 0.29) is 12.4 Å². The van der Waals surface area contributed by atoms with Gasteiger partial charge < -0.3 is 9.47 Å². The monoisotopic (exact) mass is 325 g/mol. The number of benzene rings is 2. The Balaban J connectivity index is 1.65. The van der Waals surface area contributed by atoms with E-state index in [1.807, 2.05) is 44.2 Å². The molecule has 1 aliphatic heterocycles. The molecule has 0 unspecified atom stereocenters. The maximum Gasteiger partial charge on any atom is 0.411 e. The highest BCUT2D eigenvalue weighted by molar-refractivity contribution is 6.01. The van der Waals surface area contributed by atoms with Crippen molar-refractivity contribution in [3.05, 3.63) is 59.7 Å². The van der Waals surface area contributed by atoms with Gasteiger partial charge in [0.25, 0.3) is 0 Å². The maximum absolute atomic E-state index is 12.2. The van der Waals surface area contributed by atoms with Crippen molar-refractivity contribution >= 4 is 17.6 Å².